The van der Waals surface area contributed by atoms with Crippen molar-refractivity contribution in [2.45, 2.75) is 26.9 Å². The van der Waals surface area contributed by atoms with Gasteiger partial charge in [-0.2, -0.15) is 0 Å². The second-order valence-electron chi connectivity index (χ2n) is 6.40. The number of aromatic carboxylic acids is 1. The molecule has 3 aromatic rings. The van der Waals surface area contributed by atoms with Crippen LogP contribution in [0, 0.1) is 6.92 Å². The first kappa shape index (κ1) is 17.7. The monoisotopic (exact) mass is 350 g/mol. The standard InChI is InChI=1S/C21H21NO4/c1-12(2)26-19-8-6-14(10-20(19)25-4)18-11-16(21(23)24)15-9-13(3)5-7-17(15)22-18/h5-12H,1-4H3,(H,23,24)/p-1. The van der Waals surface area contributed by atoms with Crippen molar-refractivity contribution in [1.82, 2.24) is 4.98 Å². The Morgan fingerprint density at radius 1 is 1.08 bits per heavy atom. The minimum Gasteiger partial charge on any atom is -0.545 e. The van der Waals surface area contributed by atoms with E-state index in [9.17, 15) is 9.90 Å². The van der Waals surface area contributed by atoms with Crippen LogP contribution in [-0.2, 0) is 0 Å². The lowest BCUT2D eigenvalue weighted by molar-refractivity contribution is -0.254. The van der Waals surface area contributed by atoms with Crippen molar-refractivity contribution in [2.75, 3.05) is 7.11 Å². The van der Waals surface area contributed by atoms with Crippen molar-refractivity contribution in [3.63, 3.8) is 0 Å². The molecule has 1 aromatic heterocycles. The van der Waals surface area contributed by atoms with Crippen LogP contribution >= 0.6 is 0 Å². The molecule has 0 N–H and O–H groups in total. The van der Waals surface area contributed by atoms with Crippen LogP contribution in [0.4, 0.5) is 0 Å². The fourth-order valence-electron chi connectivity index (χ4n) is 2.83. The van der Waals surface area contributed by atoms with E-state index in [2.05, 4.69) is 4.98 Å². The molecule has 0 saturated carbocycles. The van der Waals surface area contributed by atoms with E-state index in [-0.39, 0.29) is 11.7 Å². The summed E-state index contributed by atoms with van der Waals surface area (Å²) in [5.74, 6) is -0.0317. The quantitative estimate of drug-likeness (QED) is 0.705. The summed E-state index contributed by atoms with van der Waals surface area (Å²) in [5.41, 5.74) is 2.97. The number of methoxy groups -OCH3 is 1. The average molecular weight is 350 g/mol. The Morgan fingerprint density at radius 3 is 2.50 bits per heavy atom. The molecule has 26 heavy (non-hydrogen) atoms. The van der Waals surface area contributed by atoms with Crippen LogP contribution in [-0.4, -0.2) is 24.2 Å². The van der Waals surface area contributed by atoms with Gasteiger partial charge in [0.25, 0.3) is 0 Å². The molecule has 0 fully saturated rings. The molecular formula is C21H20NO4-. The van der Waals surface area contributed by atoms with Gasteiger partial charge in [0.05, 0.1) is 30.4 Å². The lowest BCUT2D eigenvalue weighted by Gasteiger charge is -2.15. The highest BCUT2D eigenvalue weighted by Gasteiger charge is 2.12. The Labute approximate surface area is 152 Å². The predicted octanol–water partition coefficient (Wildman–Crippen LogP) is 3.37. The van der Waals surface area contributed by atoms with E-state index in [4.69, 9.17) is 9.47 Å². The Hall–Kier alpha value is -3.08. The molecule has 0 amide bonds. The zero-order valence-corrected chi connectivity index (χ0v) is 15.2. The number of hydrogen-bond donors (Lipinski definition) is 0. The van der Waals surface area contributed by atoms with Crippen LogP contribution in [0.1, 0.15) is 29.8 Å². The number of carboxylic acid groups (broad SMARTS) is 1. The Bertz CT molecular complexity index is 979. The second-order valence-corrected chi connectivity index (χ2v) is 6.40. The Balaban J connectivity index is 2.16. The van der Waals surface area contributed by atoms with Crippen LogP contribution < -0.4 is 14.6 Å². The Kier molecular flexibility index (Phi) is 4.80. The molecule has 0 aliphatic heterocycles. The highest BCUT2D eigenvalue weighted by atomic mass is 16.5. The van der Waals surface area contributed by atoms with Crippen molar-refractivity contribution in [3.05, 3.63) is 53.6 Å². The first-order valence-corrected chi connectivity index (χ1v) is 8.37. The van der Waals surface area contributed by atoms with Crippen molar-refractivity contribution in [2.24, 2.45) is 0 Å². The number of ether oxygens (including phenoxy) is 2. The third kappa shape index (κ3) is 3.47. The first-order valence-electron chi connectivity index (χ1n) is 8.37. The highest BCUT2D eigenvalue weighted by molar-refractivity contribution is 6.03. The van der Waals surface area contributed by atoms with E-state index < -0.39 is 5.97 Å². The van der Waals surface area contributed by atoms with Crippen molar-refractivity contribution < 1.29 is 19.4 Å². The summed E-state index contributed by atoms with van der Waals surface area (Å²) in [6.45, 7) is 5.78. The summed E-state index contributed by atoms with van der Waals surface area (Å²) in [7, 11) is 1.56. The predicted molar refractivity (Wildman–Crippen MR) is 98.6 cm³/mol. The van der Waals surface area contributed by atoms with Crippen molar-refractivity contribution >= 4 is 16.9 Å². The molecule has 0 spiro atoms. The van der Waals surface area contributed by atoms with Gasteiger partial charge in [-0.1, -0.05) is 11.6 Å². The summed E-state index contributed by atoms with van der Waals surface area (Å²) in [6, 6.07) is 12.5. The molecule has 3 rings (SSSR count). The summed E-state index contributed by atoms with van der Waals surface area (Å²) in [4.78, 5) is 16.2. The van der Waals surface area contributed by atoms with E-state index in [1.165, 1.54) is 6.07 Å². The van der Waals surface area contributed by atoms with Gasteiger partial charge in [-0.05, 0) is 57.2 Å². The van der Waals surface area contributed by atoms with Gasteiger partial charge < -0.3 is 19.4 Å². The molecule has 0 aliphatic rings. The lowest BCUT2D eigenvalue weighted by atomic mass is 10.0. The van der Waals surface area contributed by atoms with E-state index >= 15 is 0 Å². The maximum Gasteiger partial charge on any atom is 0.161 e. The van der Waals surface area contributed by atoms with Gasteiger partial charge in [-0.3, -0.25) is 0 Å². The number of aryl methyl sites for hydroxylation is 1. The number of carboxylic acids is 1. The number of hydrogen-bond acceptors (Lipinski definition) is 5. The normalized spacial score (nSPS) is 11.0. The largest absolute Gasteiger partial charge is 0.545 e. The van der Waals surface area contributed by atoms with Gasteiger partial charge in [0.1, 0.15) is 0 Å². The minimum absolute atomic E-state index is 0.0153. The zero-order chi connectivity index (χ0) is 18.8. The van der Waals surface area contributed by atoms with Crippen LogP contribution in [0.25, 0.3) is 22.2 Å². The van der Waals surface area contributed by atoms with Crippen LogP contribution in [0.5, 0.6) is 11.5 Å². The minimum atomic E-state index is -1.23. The molecule has 0 bridgehead atoms. The lowest BCUT2D eigenvalue weighted by Crippen LogP contribution is -2.22. The number of pyridine rings is 1. The van der Waals surface area contributed by atoms with E-state index in [1.807, 2.05) is 39.0 Å². The number of carbonyl (C=O) groups is 1. The third-order valence-electron chi connectivity index (χ3n) is 4.01. The molecule has 5 nitrogen and oxygen atoms in total. The highest BCUT2D eigenvalue weighted by Crippen LogP contribution is 2.34. The Morgan fingerprint density at radius 2 is 1.85 bits per heavy atom. The summed E-state index contributed by atoms with van der Waals surface area (Å²) in [6.07, 6.45) is 0.0153. The molecule has 0 aliphatic carbocycles. The van der Waals surface area contributed by atoms with Gasteiger partial charge >= 0.3 is 0 Å². The maximum atomic E-state index is 11.6. The molecule has 1 heterocycles. The number of fused-ring (bicyclic) bond motifs is 1. The van der Waals surface area contributed by atoms with E-state index in [0.717, 1.165) is 11.1 Å². The van der Waals surface area contributed by atoms with Crippen molar-refractivity contribution in [1.29, 1.82) is 0 Å². The topological polar surface area (TPSA) is 71.5 Å². The van der Waals surface area contributed by atoms with Gasteiger partial charge in [0.15, 0.2) is 11.5 Å². The summed E-state index contributed by atoms with van der Waals surface area (Å²) >= 11 is 0. The summed E-state index contributed by atoms with van der Waals surface area (Å²) in [5, 5.41) is 12.2. The van der Waals surface area contributed by atoms with Gasteiger partial charge in [-0.25, -0.2) is 4.98 Å². The SMILES string of the molecule is COc1cc(-c2cc(C(=O)[O-])c3cc(C)ccc3n2)ccc1OC(C)C. The molecule has 0 atom stereocenters. The maximum absolute atomic E-state index is 11.6. The molecule has 5 heteroatoms. The molecule has 0 unspecified atom stereocenters. The van der Waals surface area contributed by atoms with Gasteiger partial charge in [0, 0.05) is 16.5 Å². The number of benzene rings is 2. The zero-order valence-electron chi connectivity index (χ0n) is 15.2. The van der Waals surface area contributed by atoms with E-state index in [1.54, 1.807) is 25.3 Å². The summed E-state index contributed by atoms with van der Waals surface area (Å²) < 4.78 is 11.1. The fraction of sp³-hybridized carbons (Fsp3) is 0.238. The van der Waals surface area contributed by atoms with Crippen LogP contribution in [0.3, 0.4) is 0 Å². The number of nitrogens with zero attached hydrogens (tertiary/aromatic N) is 1. The van der Waals surface area contributed by atoms with Gasteiger partial charge in [-0.15, -0.1) is 0 Å². The molecule has 134 valence electrons. The molecular weight excluding hydrogens is 330 g/mol. The fourth-order valence-corrected chi connectivity index (χ4v) is 2.83. The average Bonchev–Trinajstić information content (AvgIpc) is 2.60. The third-order valence-corrected chi connectivity index (χ3v) is 4.01. The van der Waals surface area contributed by atoms with Crippen LogP contribution in [0.15, 0.2) is 42.5 Å². The second kappa shape index (κ2) is 7.04. The number of rotatable bonds is 5. The number of aromatic nitrogens is 1. The first-order chi connectivity index (χ1) is 12.4. The van der Waals surface area contributed by atoms with Gasteiger partial charge in [0.2, 0.25) is 0 Å². The van der Waals surface area contributed by atoms with Crippen molar-refractivity contribution in [3.8, 4) is 22.8 Å². The molecule has 0 saturated heterocycles. The molecule has 2 aromatic carbocycles. The van der Waals surface area contributed by atoms with E-state index in [0.29, 0.717) is 28.1 Å². The number of carbonyl (C=O) groups excluding carboxylic acids is 1. The smallest absolute Gasteiger partial charge is 0.161 e. The molecule has 0 radical (unpaired) electrons. The van der Waals surface area contributed by atoms with Crippen LogP contribution in [0.2, 0.25) is 0 Å².